The van der Waals surface area contributed by atoms with Crippen molar-refractivity contribution in [3.8, 4) is 5.88 Å². The molecule has 0 bridgehead atoms. The van der Waals surface area contributed by atoms with Gasteiger partial charge in [0.1, 0.15) is 5.82 Å². The third-order valence-electron chi connectivity index (χ3n) is 5.46. The van der Waals surface area contributed by atoms with E-state index in [-0.39, 0.29) is 5.41 Å². The number of rotatable bonds is 5. The van der Waals surface area contributed by atoms with Crippen LogP contribution in [0.5, 0.6) is 5.88 Å². The number of ether oxygens (including phenoxy) is 1. The van der Waals surface area contributed by atoms with E-state index in [0.29, 0.717) is 24.3 Å². The van der Waals surface area contributed by atoms with Gasteiger partial charge >= 0.3 is 0 Å². The number of hydrogen-bond acceptors (Lipinski definition) is 7. The molecule has 2 fully saturated rings. The number of fused-ring (bicyclic) bond motifs is 1. The average Bonchev–Trinajstić information content (AvgIpc) is 3.10. The Hall–Kier alpha value is -2.22. The fourth-order valence-corrected chi connectivity index (χ4v) is 4.29. The molecule has 2 aliphatic rings. The van der Waals surface area contributed by atoms with Crippen LogP contribution < -0.4 is 9.64 Å². The zero-order valence-corrected chi connectivity index (χ0v) is 17.4. The predicted octanol–water partition coefficient (Wildman–Crippen LogP) is 3.66. The normalized spacial score (nSPS) is 20.2. The standard InChI is InChI=1S/C20H26N6OS/c1-20(2,3)15-11-26-16(21-15)6-7-17(23-26)27-12-13-8-9-25(10-13)19-22-18(24-28-19)14-4-5-14/h6-7,11,13-14H,4-5,8-10,12H2,1-3H3. The van der Waals surface area contributed by atoms with Crippen LogP contribution >= 0.6 is 11.5 Å². The van der Waals surface area contributed by atoms with Gasteiger partial charge in [0.15, 0.2) is 5.65 Å². The van der Waals surface area contributed by atoms with E-state index in [1.54, 1.807) is 0 Å². The molecule has 0 amide bonds. The fraction of sp³-hybridized carbons (Fsp3) is 0.600. The first-order chi connectivity index (χ1) is 13.5. The molecule has 1 atom stereocenters. The van der Waals surface area contributed by atoms with Crippen molar-refractivity contribution < 1.29 is 4.74 Å². The van der Waals surface area contributed by atoms with Crippen molar-refractivity contribution in [3.63, 3.8) is 0 Å². The van der Waals surface area contributed by atoms with Crippen LogP contribution in [0.1, 0.15) is 57.5 Å². The predicted molar refractivity (Wildman–Crippen MR) is 109 cm³/mol. The molecule has 1 saturated carbocycles. The smallest absolute Gasteiger partial charge is 0.231 e. The maximum Gasteiger partial charge on any atom is 0.231 e. The minimum absolute atomic E-state index is 0.00604. The van der Waals surface area contributed by atoms with E-state index in [1.165, 1.54) is 24.4 Å². The zero-order valence-electron chi connectivity index (χ0n) is 16.6. The molecule has 0 radical (unpaired) electrons. The van der Waals surface area contributed by atoms with Gasteiger partial charge in [-0.1, -0.05) is 20.8 Å². The van der Waals surface area contributed by atoms with Crippen molar-refractivity contribution in [3.05, 3.63) is 29.8 Å². The molecule has 148 valence electrons. The highest BCUT2D eigenvalue weighted by molar-refractivity contribution is 7.09. The van der Waals surface area contributed by atoms with Crippen LogP contribution in [0.4, 0.5) is 5.13 Å². The van der Waals surface area contributed by atoms with E-state index >= 15 is 0 Å². The molecule has 3 aromatic rings. The van der Waals surface area contributed by atoms with E-state index in [1.807, 2.05) is 22.8 Å². The maximum atomic E-state index is 6.01. The van der Waals surface area contributed by atoms with Crippen LogP contribution in [0.3, 0.4) is 0 Å². The second-order valence-corrected chi connectivity index (χ2v) is 9.70. The lowest BCUT2D eigenvalue weighted by Gasteiger charge is -2.14. The quantitative estimate of drug-likeness (QED) is 0.653. The lowest BCUT2D eigenvalue weighted by Crippen LogP contribution is -2.21. The summed E-state index contributed by atoms with van der Waals surface area (Å²) in [5, 5.41) is 5.64. The Morgan fingerprint density at radius 1 is 1.18 bits per heavy atom. The van der Waals surface area contributed by atoms with Crippen LogP contribution in [-0.4, -0.2) is 43.7 Å². The van der Waals surface area contributed by atoms with Gasteiger partial charge in [-0.25, -0.2) is 14.5 Å². The fourth-order valence-electron chi connectivity index (χ4n) is 3.51. The molecular weight excluding hydrogens is 372 g/mol. The molecule has 0 N–H and O–H groups in total. The van der Waals surface area contributed by atoms with Gasteiger partial charge in [0.2, 0.25) is 11.0 Å². The Bertz CT molecular complexity index is 986. The third-order valence-corrected chi connectivity index (χ3v) is 6.25. The summed E-state index contributed by atoms with van der Waals surface area (Å²) in [6.07, 6.45) is 5.60. The average molecular weight is 399 g/mol. The lowest BCUT2D eigenvalue weighted by molar-refractivity contribution is 0.249. The highest BCUT2D eigenvalue weighted by Crippen LogP contribution is 2.40. The Balaban J connectivity index is 1.20. The van der Waals surface area contributed by atoms with Gasteiger partial charge in [0.05, 0.1) is 18.5 Å². The number of nitrogens with zero attached hydrogens (tertiary/aromatic N) is 6. The van der Waals surface area contributed by atoms with Crippen molar-refractivity contribution >= 4 is 22.3 Å². The van der Waals surface area contributed by atoms with Crippen molar-refractivity contribution in [1.29, 1.82) is 0 Å². The van der Waals surface area contributed by atoms with E-state index < -0.39 is 0 Å². The maximum absolute atomic E-state index is 6.01. The first-order valence-corrected chi connectivity index (χ1v) is 10.8. The van der Waals surface area contributed by atoms with Gasteiger partial charge in [-0.05, 0) is 25.3 Å². The summed E-state index contributed by atoms with van der Waals surface area (Å²) in [6.45, 7) is 9.14. The molecule has 5 rings (SSSR count). The Kier molecular flexibility index (Phi) is 4.26. The van der Waals surface area contributed by atoms with Crippen molar-refractivity contribution in [2.24, 2.45) is 5.92 Å². The van der Waals surface area contributed by atoms with Gasteiger partial charge < -0.3 is 9.64 Å². The number of imidazole rings is 1. The minimum atomic E-state index is 0.00604. The van der Waals surface area contributed by atoms with Crippen LogP contribution in [-0.2, 0) is 5.41 Å². The molecule has 28 heavy (non-hydrogen) atoms. The number of anilines is 1. The lowest BCUT2D eigenvalue weighted by atomic mass is 9.93. The van der Waals surface area contributed by atoms with Crippen molar-refractivity contribution in [1.82, 2.24) is 24.0 Å². The first kappa shape index (κ1) is 17.8. The molecule has 4 heterocycles. The second kappa shape index (κ2) is 6.69. The number of hydrogen-bond donors (Lipinski definition) is 0. The molecule has 1 saturated heterocycles. The van der Waals surface area contributed by atoms with Crippen LogP contribution in [0.2, 0.25) is 0 Å². The van der Waals surface area contributed by atoms with E-state index in [9.17, 15) is 0 Å². The van der Waals surface area contributed by atoms with E-state index in [0.717, 1.165) is 41.8 Å². The van der Waals surface area contributed by atoms with Crippen molar-refractivity contribution in [2.75, 3.05) is 24.6 Å². The van der Waals surface area contributed by atoms with E-state index in [4.69, 9.17) is 9.72 Å². The third kappa shape index (κ3) is 3.57. The highest BCUT2D eigenvalue weighted by atomic mass is 32.1. The first-order valence-electron chi connectivity index (χ1n) is 10.0. The summed E-state index contributed by atoms with van der Waals surface area (Å²) in [5.74, 6) is 2.80. The van der Waals surface area contributed by atoms with Gasteiger partial charge in [-0.3, -0.25) is 0 Å². The Morgan fingerprint density at radius 2 is 2.04 bits per heavy atom. The molecule has 1 unspecified atom stereocenters. The molecule has 1 aliphatic carbocycles. The van der Waals surface area contributed by atoms with Gasteiger partial charge in [-0.15, -0.1) is 5.10 Å². The molecule has 3 aromatic heterocycles. The highest BCUT2D eigenvalue weighted by Gasteiger charge is 2.30. The zero-order chi connectivity index (χ0) is 19.3. The topological polar surface area (TPSA) is 68.4 Å². The molecule has 8 heteroatoms. The van der Waals surface area contributed by atoms with E-state index in [2.05, 4.69) is 40.1 Å². The van der Waals surface area contributed by atoms with Crippen LogP contribution in [0.15, 0.2) is 18.3 Å². The SMILES string of the molecule is CC(C)(C)c1cn2nc(OCC3CCN(c4nc(C5CC5)ns4)C3)ccc2n1. The van der Waals surface area contributed by atoms with Gasteiger partial charge in [0.25, 0.3) is 0 Å². The summed E-state index contributed by atoms with van der Waals surface area (Å²) in [4.78, 5) is 11.7. The Labute approximate surface area is 168 Å². The summed E-state index contributed by atoms with van der Waals surface area (Å²) in [6, 6.07) is 3.88. The second-order valence-electron chi connectivity index (χ2n) is 8.97. The molecule has 1 aliphatic heterocycles. The Morgan fingerprint density at radius 3 is 2.82 bits per heavy atom. The van der Waals surface area contributed by atoms with Gasteiger partial charge in [0, 0.05) is 47.9 Å². The summed E-state index contributed by atoms with van der Waals surface area (Å²) < 4.78 is 12.4. The number of aromatic nitrogens is 5. The van der Waals surface area contributed by atoms with Crippen molar-refractivity contribution in [2.45, 2.75) is 51.4 Å². The molecule has 0 aromatic carbocycles. The molecule has 0 spiro atoms. The minimum Gasteiger partial charge on any atom is -0.476 e. The molecular formula is C20H26N6OS. The molecule has 7 nitrogen and oxygen atoms in total. The van der Waals surface area contributed by atoms with Crippen LogP contribution in [0.25, 0.3) is 5.65 Å². The van der Waals surface area contributed by atoms with Crippen LogP contribution in [0, 0.1) is 5.92 Å². The monoisotopic (exact) mass is 398 g/mol. The summed E-state index contributed by atoms with van der Waals surface area (Å²) in [7, 11) is 0. The van der Waals surface area contributed by atoms with Gasteiger partial charge in [-0.2, -0.15) is 4.37 Å². The summed E-state index contributed by atoms with van der Waals surface area (Å²) >= 11 is 1.54. The largest absolute Gasteiger partial charge is 0.476 e. The summed E-state index contributed by atoms with van der Waals surface area (Å²) in [5.41, 5.74) is 1.89.